The minimum Gasteiger partial charge on any atom is -0.489 e. The topological polar surface area (TPSA) is 80.1 Å². The summed E-state index contributed by atoms with van der Waals surface area (Å²) in [6.45, 7) is 14.4. The van der Waals surface area contributed by atoms with Crippen molar-refractivity contribution < 1.29 is 14.3 Å². The molecule has 6 rings (SSSR count). The van der Waals surface area contributed by atoms with Crippen LogP contribution in [-0.4, -0.2) is 75.9 Å². The molecule has 3 aromatic rings. The number of rotatable bonds is 3. The fourth-order valence-corrected chi connectivity index (χ4v) is 7.38. The molecule has 1 aromatic heterocycles. The van der Waals surface area contributed by atoms with Gasteiger partial charge in [0.15, 0.2) is 5.75 Å². The van der Waals surface area contributed by atoms with Crippen molar-refractivity contribution in [2.24, 2.45) is 5.41 Å². The minimum absolute atomic E-state index is 0.109. The van der Waals surface area contributed by atoms with Gasteiger partial charge < -0.3 is 19.3 Å². The summed E-state index contributed by atoms with van der Waals surface area (Å²) in [7, 11) is 0. The van der Waals surface area contributed by atoms with Crippen LogP contribution in [0.4, 0.5) is 10.6 Å². The number of benzene rings is 2. The van der Waals surface area contributed by atoms with Gasteiger partial charge in [-0.3, -0.25) is 9.47 Å². The summed E-state index contributed by atoms with van der Waals surface area (Å²) in [6, 6.07) is 12.2. The number of hydrogen-bond acceptors (Lipinski definition) is 7. The van der Waals surface area contributed by atoms with E-state index in [2.05, 4.69) is 50.0 Å². The van der Waals surface area contributed by atoms with Gasteiger partial charge in [0.25, 0.3) is 0 Å². The first-order valence-electron chi connectivity index (χ1n) is 15.4. The Hall–Kier alpha value is -2.82. The van der Waals surface area contributed by atoms with Crippen molar-refractivity contribution in [2.75, 3.05) is 37.7 Å². The maximum absolute atomic E-state index is 13.9. The average Bonchev–Trinajstić information content (AvgIpc) is 3.13. The summed E-state index contributed by atoms with van der Waals surface area (Å²) in [4.78, 5) is 38.0. The molecule has 236 valence electrons. The van der Waals surface area contributed by atoms with Gasteiger partial charge in [-0.1, -0.05) is 41.9 Å². The molecule has 2 atom stereocenters. The van der Waals surface area contributed by atoms with E-state index in [1.165, 1.54) is 5.56 Å². The number of aromatic nitrogens is 2. The van der Waals surface area contributed by atoms with Crippen LogP contribution in [0, 0.1) is 5.41 Å². The van der Waals surface area contributed by atoms with Gasteiger partial charge in [0.05, 0.1) is 21.6 Å². The monoisotopic (exact) mass is 685 g/mol. The molecular formula is C33H41BrClN5O4. The molecule has 0 aliphatic carbocycles. The van der Waals surface area contributed by atoms with Crippen LogP contribution < -0.4 is 15.3 Å². The van der Waals surface area contributed by atoms with E-state index in [9.17, 15) is 9.59 Å². The van der Waals surface area contributed by atoms with Crippen LogP contribution in [-0.2, 0) is 17.8 Å². The molecule has 44 heavy (non-hydrogen) atoms. The lowest BCUT2D eigenvalue weighted by molar-refractivity contribution is 0.0130. The third kappa shape index (κ3) is 6.05. The van der Waals surface area contributed by atoms with E-state index in [1.54, 1.807) is 9.47 Å². The molecule has 0 unspecified atom stereocenters. The van der Waals surface area contributed by atoms with Crippen LogP contribution in [0.2, 0.25) is 5.02 Å². The third-order valence-corrected chi connectivity index (χ3v) is 10.5. The molecular weight excluding hydrogens is 646 g/mol. The lowest BCUT2D eigenvalue weighted by Crippen LogP contribution is -2.59. The predicted molar refractivity (Wildman–Crippen MR) is 177 cm³/mol. The van der Waals surface area contributed by atoms with E-state index < -0.39 is 5.60 Å². The second-order valence-corrected chi connectivity index (χ2v) is 14.9. The van der Waals surface area contributed by atoms with Crippen molar-refractivity contribution in [1.82, 2.24) is 19.4 Å². The number of carbonyl (C=O) groups excluding carboxylic acids is 1. The van der Waals surface area contributed by atoms with Crippen LogP contribution in [0.25, 0.3) is 10.9 Å². The number of ether oxygens (including phenoxy) is 2. The summed E-state index contributed by atoms with van der Waals surface area (Å²) in [5, 5.41) is 1.28. The molecule has 1 amide bonds. The molecule has 9 nitrogen and oxygen atoms in total. The number of halogens is 2. The van der Waals surface area contributed by atoms with E-state index >= 15 is 0 Å². The normalized spacial score (nSPS) is 22.2. The number of nitrogens with zero attached hydrogens (tertiary/aromatic N) is 5. The zero-order valence-electron chi connectivity index (χ0n) is 26.1. The highest BCUT2D eigenvalue weighted by atomic mass is 79.9. The minimum atomic E-state index is -0.581. The highest BCUT2D eigenvalue weighted by Gasteiger charge is 2.41. The Morgan fingerprint density at radius 3 is 2.52 bits per heavy atom. The first-order valence-corrected chi connectivity index (χ1v) is 16.6. The number of piperazine rings is 1. The number of anilines is 1. The SMILES string of the molecule is C[C@@H]1CN(c2nc(=O)n3c4c(c(Br)c(Cl)cc24)OCC2(CCN(Cc4ccccc4)CC2)C3)[C@@H](C)CN1C(=O)OC(C)(C)C. The highest BCUT2D eigenvalue weighted by molar-refractivity contribution is 9.10. The molecule has 0 radical (unpaired) electrons. The second kappa shape index (κ2) is 11.8. The van der Waals surface area contributed by atoms with Gasteiger partial charge in [-0.15, -0.1) is 0 Å². The molecule has 2 fully saturated rings. The van der Waals surface area contributed by atoms with E-state index in [0.717, 1.165) is 37.9 Å². The van der Waals surface area contributed by atoms with Crippen molar-refractivity contribution in [2.45, 2.75) is 78.2 Å². The van der Waals surface area contributed by atoms with Crippen molar-refractivity contribution in [1.29, 1.82) is 0 Å². The van der Waals surface area contributed by atoms with Crippen LogP contribution in [0.3, 0.4) is 0 Å². The van der Waals surface area contributed by atoms with Crippen LogP contribution in [0.1, 0.15) is 53.0 Å². The third-order valence-electron chi connectivity index (χ3n) is 9.16. The predicted octanol–water partition coefficient (Wildman–Crippen LogP) is 6.32. The quantitative estimate of drug-likeness (QED) is 0.319. The Bertz CT molecular complexity index is 1620. The first-order chi connectivity index (χ1) is 20.8. The van der Waals surface area contributed by atoms with E-state index in [1.807, 2.05) is 46.8 Å². The lowest BCUT2D eigenvalue weighted by atomic mass is 9.78. The average molecular weight is 687 g/mol. The summed E-state index contributed by atoms with van der Waals surface area (Å²) in [5.74, 6) is 1.15. The van der Waals surface area contributed by atoms with Gasteiger partial charge in [-0.2, -0.15) is 4.98 Å². The maximum Gasteiger partial charge on any atom is 0.410 e. The molecule has 0 saturated carbocycles. The summed E-state index contributed by atoms with van der Waals surface area (Å²) < 4.78 is 14.7. The molecule has 0 bridgehead atoms. The van der Waals surface area contributed by atoms with Gasteiger partial charge in [0.1, 0.15) is 11.4 Å². The largest absolute Gasteiger partial charge is 0.489 e. The van der Waals surface area contributed by atoms with Crippen LogP contribution >= 0.6 is 27.5 Å². The number of likely N-dealkylation sites (tertiary alicyclic amines) is 1. The number of amides is 1. The van der Waals surface area contributed by atoms with Crippen molar-refractivity contribution in [3.05, 3.63) is 61.9 Å². The number of hydrogen-bond donors (Lipinski definition) is 0. The Morgan fingerprint density at radius 1 is 1.14 bits per heavy atom. The molecule has 3 aliphatic heterocycles. The molecule has 2 aromatic carbocycles. The summed E-state index contributed by atoms with van der Waals surface area (Å²) in [6.07, 6.45) is 1.49. The van der Waals surface area contributed by atoms with Crippen molar-refractivity contribution in [3.8, 4) is 5.75 Å². The van der Waals surface area contributed by atoms with E-state index in [4.69, 9.17) is 26.1 Å². The summed E-state index contributed by atoms with van der Waals surface area (Å²) in [5.41, 5.74) is 0.948. The van der Waals surface area contributed by atoms with Crippen LogP contribution in [0.5, 0.6) is 5.75 Å². The second-order valence-electron chi connectivity index (χ2n) is 13.7. The highest BCUT2D eigenvalue weighted by Crippen LogP contribution is 2.46. The first kappa shape index (κ1) is 31.2. The van der Waals surface area contributed by atoms with Crippen LogP contribution in [0.15, 0.2) is 45.7 Å². The Kier molecular flexibility index (Phi) is 8.39. The fourth-order valence-electron chi connectivity index (χ4n) is 6.77. The van der Waals surface area contributed by atoms with Gasteiger partial charge in [0, 0.05) is 49.1 Å². The Balaban J connectivity index is 1.31. The number of carbonyl (C=O) groups is 1. The molecule has 1 spiro atoms. The molecule has 3 aliphatic rings. The fraction of sp³-hybridized carbons (Fsp3) is 0.545. The standard InChI is InChI=1S/C33H41BrClN5O4/c1-21-17-39(31(42)44-32(3,4)5)22(2)16-38(21)29-24-15-25(35)26(34)28-27(24)40(30(41)36-29)19-33(20-43-28)11-13-37(14-12-33)18-23-9-7-6-8-10-23/h6-10,15,21-22H,11-14,16-20H2,1-5H3/t21-,22+/m0/s1. The maximum atomic E-state index is 13.9. The molecule has 11 heteroatoms. The van der Waals surface area contributed by atoms with Gasteiger partial charge >= 0.3 is 11.8 Å². The van der Waals surface area contributed by atoms with Gasteiger partial charge in [0.2, 0.25) is 0 Å². The van der Waals surface area contributed by atoms with Gasteiger partial charge in [-0.25, -0.2) is 9.59 Å². The van der Waals surface area contributed by atoms with E-state index in [-0.39, 0.29) is 29.3 Å². The number of piperidine rings is 1. The van der Waals surface area contributed by atoms with Crippen molar-refractivity contribution in [3.63, 3.8) is 0 Å². The lowest BCUT2D eigenvalue weighted by Gasteiger charge is -2.45. The zero-order chi connectivity index (χ0) is 31.4. The molecule has 0 N–H and O–H groups in total. The van der Waals surface area contributed by atoms with E-state index in [0.29, 0.717) is 52.8 Å². The summed E-state index contributed by atoms with van der Waals surface area (Å²) >= 11 is 10.4. The molecule has 2 saturated heterocycles. The Labute approximate surface area is 272 Å². The van der Waals surface area contributed by atoms with Gasteiger partial charge in [-0.05, 0) is 88.1 Å². The zero-order valence-corrected chi connectivity index (χ0v) is 28.4. The smallest absolute Gasteiger partial charge is 0.410 e. The Morgan fingerprint density at radius 2 is 1.84 bits per heavy atom. The van der Waals surface area contributed by atoms with Crippen molar-refractivity contribution >= 4 is 50.3 Å². The molecule has 4 heterocycles.